The summed E-state index contributed by atoms with van der Waals surface area (Å²) in [4.78, 5) is 7.63. The average molecular weight is 248 g/mol. The van der Waals surface area contributed by atoms with E-state index in [9.17, 15) is 4.39 Å². The number of nitrogen functional groups attached to an aromatic ring is 2. The number of aryl methyl sites for hydroxylation is 1. The molecule has 0 bridgehead atoms. The van der Waals surface area contributed by atoms with Gasteiger partial charge in [0.1, 0.15) is 17.8 Å². The van der Waals surface area contributed by atoms with Crippen LogP contribution < -0.4 is 22.3 Å². The van der Waals surface area contributed by atoms with Crippen LogP contribution in [0.15, 0.2) is 24.5 Å². The molecule has 94 valence electrons. The highest BCUT2D eigenvalue weighted by molar-refractivity contribution is 5.77. The molecule has 0 fully saturated rings. The molecule has 0 radical (unpaired) electrons. The van der Waals surface area contributed by atoms with Gasteiger partial charge in [-0.2, -0.15) is 0 Å². The number of anilines is 4. The number of aromatic nitrogens is 2. The summed E-state index contributed by atoms with van der Waals surface area (Å²) < 4.78 is 13.7. The fraction of sp³-hybridized carbons (Fsp3) is 0.0909. The number of rotatable bonds is 2. The SMILES string of the molecule is Cc1ccc(F)c(N(N)c2ncnc(N)c2N)c1. The lowest BCUT2D eigenvalue weighted by Crippen LogP contribution is -2.28. The largest absolute Gasteiger partial charge is 0.393 e. The standard InChI is InChI=1S/C11H13FN6/c1-6-2-3-7(12)8(4-6)18(15)11-9(13)10(14)16-5-17-11/h2-5H,13,15H2,1H3,(H2,14,16,17). The van der Waals surface area contributed by atoms with Gasteiger partial charge < -0.3 is 11.5 Å². The zero-order valence-corrected chi connectivity index (χ0v) is 9.76. The van der Waals surface area contributed by atoms with Crippen molar-refractivity contribution in [2.45, 2.75) is 6.92 Å². The van der Waals surface area contributed by atoms with Gasteiger partial charge in [0.2, 0.25) is 0 Å². The Morgan fingerprint density at radius 3 is 2.67 bits per heavy atom. The molecule has 7 heteroatoms. The van der Waals surface area contributed by atoms with Crippen molar-refractivity contribution in [1.29, 1.82) is 0 Å². The van der Waals surface area contributed by atoms with E-state index in [1.807, 2.05) is 6.92 Å². The first-order valence-corrected chi connectivity index (χ1v) is 5.17. The minimum absolute atomic E-state index is 0.100. The first kappa shape index (κ1) is 12.1. The molecule has 18 heavy (non-hydrogen) atoms. The van der Waals surface area contributed by atoms with Crippen molar-refractivity contribution in [3.63, 3.8) is 0 Å². The maximum atomic E-state index is 13.7. The van der Waals surface area contributed by atoms with Crippen molar-refractivity contribution in [2.75, 3.05) is 16.5 Å². The zero-order chi connectivity index (χ0) is 13.3. The molecule has 0 aliphatic heterocycles. The van der Waals surface area contributed by atoms with Gasteiger partial charge in [0.25, 0.3) is 0 Å². The second-order valence-electron chi connectivity index (χ2n) is 3.82. The molecule has 0 unspecified atom stereocenters. The number of hydrazine groups is 1. The van der Waals surface area contributed by atoms with Gasteiger partial charge in [-0.3, -0.25) is 5.01 Å². The topological polar surface area (TPSA) is 107 Å². The van der Waals surface area contributed by atoms with Crippen molar-refractivity contribution in [3.05, 3.63) is 35.9 Å². The van der Waals surface area contributed by atoms with E-state index in [1.54, 1.807) is 12.1 Å². The van der Waals surface area contributed by atoms with E-state index in [-0.39, 0.29) is 23.0 Å². The third kappa shape index (κ3) is 2.03. The van der Waals surface area contributed by atoms with Crippen LogP contribution in [0.1, 0.15) is 5.56 Å². The monoisotopic (exact) mass is 248 g/mol. The molecule has 0 spiro atoms. The van der Waals surface area contributed by atoms with Crippen LogP contribution in [0, 0.1) is 12.7 Å². The van der Waals surface area contributed by atoms with E-state index in [0.29, 0.717) is 0 Å². The predicted molar refractivity (Wildman–Crippen MR) is 68.3 cm³/mol. The fourth-order valence-electron chi connectivity index (χ4n) is 1.51. The summed E-state index contributed by atoms with van der Waals surface area (Å²) in [7, 11) is 0. The summed E-state index contributed by atoms with van der Waals surface area (Å²) in [5.41, 5.74) is 12.4. The number of hydrogen-bond acceptors (Lipinski definition) is 6. The molecule has 1 heterocycles. The highest BCUT2D eigenvalue weighted by Crippen LogP contribution is 2.29. The molecule has 0 aliphatic carbocycles. The highest BCUT2D eigenvalue weighted by atomic mass is 19.1. The van der Waals surface area contributed by atoms with Crippen LogP contribution in [0.2, 0.25) is 0 Å². The molecule has 1 aromatic carbocycles. The van der Waals surface area contributed by atoms with E-state index in [1.165, 1.54) is 12.4 Å². The van der Waals surface area contributed by atoms with Crippen molar-refractivity contribution >= 4 is 23.0 Å². The van der Waals surface area contributed by atoms with E-state index in [2.05, 4.69) is 9.97 Å². The van der Waals surface area contributed by atoms with Crippen LogP contribution in [0.4, 0.5) is 27.4 Å². The maximum Gasteiger partial charge on any atom is 0.176 e. The molecule has 2 aromatic rings. The third-order valence-electron chi connectivity index (χ3n) is 2.48. The Balaban J connectivity index is 2.51. The van der Waals surface area contributed by atoms with Gasteiger partial charge in [-0.15, -0.1) is 0 Å². The first-order chi connectivity index (χ1) is 8.50. The van der Waals surface area contributed by atoms with Crippen LogP contribution in [-0.2, 0) is 0 Å². The fourth-order valence-corrected chi connectivity index (χ4v) is 1.51. The van der Waals surface area contributed by atoms with Gasteiger partial charge in [0, 0.05) is 0 Å². The minimum Gasteiger partial charge on any atom is -0.393 e. The molecule has 0 saturated heterocycles. The predicted octanol–water partition coefficient (Wildman–Crippen LogP) is 1.10. The van der Waals surface area contributed by atoms with Gasteiger partial charge in [0.05, 0.1) is 5.69 Å². The number of nitrogens with two attached hydrogens (primary N) is 3. The van der Waals surface area contributed by atoms with Crippen LogP contribution in [0.25, 0.3) is 0 Å². The summed E-state index contributed by atoms with van der Waals surface area (Å²) in [5, 5.41) is 1.05. The maximum absolute atomic E-state index is 13.7. The lowest BCUT2D eigenvalue weighted by molar-refractivity contribution is 0.625. The summed E-state index contributed by atoms with van der Waals surface area (Å²) in [5.74, 6) is 5.61. The molecule has 2 rings (SSSR count). The lowest BCUT2D eigenvalue weighted by atomic mass is 10.2. The second kappa shape index (κ2) is 4.46. The normalized spacial score (nSPS) is 10.4. The van der Waals surface area contributed by atoms with Crippen molar-refractivity contribution in [1.82, 2.24) is 9.97 Å². The number of hydrogen-bond donors (Lipinski definition) is 3. The molecule has 0 aliphatic rings. The quantitative estimate of drug-likeness (QED) is 0.542. The Hall–Kier alpha value is -2.41. The van der Waals surface area contributed by atoms with Gasteiger partial charge in [-0.1, -0.05) is 6.07 Å². The molecule has 0 atom stereocenters. The second-order valence-corrected chi connectivity index (χ2v) is 3.82. The van der Waals surface area contributed by atoms with Crippen LogP contribution in [0.5, 0.6) is 0 Å². The molecule has 1 aromatic heterocycles. The molecular formula is C11H13FN6. The molecule has 0 saturated carbocycles. The van der Waals surface area contributed by atoms with Crippen molar-refractivity contribution in [2.24, 2.45) is 5.84 Å². The zero-order valence-electron chi connectivity index (χ0n) is 9.76. The Labute approximate surface area is 103 Å². The van der Waals surface area contributed by atoms with Gasteiger partial charge in [-0.05, 0) is 24.6 Å². The van der Waals surface area contributed by atoms with Gasteiger partial charge >= 0.3 is 0 Å². The lowest BCUT2D eigenvalue weighted by Gasteiger charge is -2.20. The van der Waals surface area contributed by atoms with Crippen LogP contribution in [-0.4, -0.2) is 9.97 Å². The number of halogens is 1. The van der Waals surface area contributed by atoms with Crippen LogP contribution >= 0.6 is 0 Å². The first-order valence-electron chi connectivity index (χ1n) is 5.17. The summed E-state index contributed by atoms with van der Waals surface area (Å²) >= 11 is 0. The Morgan fingerprint density at radius 2 is 1.94 bits per heavy atom. The smallest absolute Gasteiger partial charge is 0.176 e. The van der Waals surface area contributed by atoms with Crippen molar-refractivity contribution < 1.29 is 4.39 Å². The molecule has 0 amide bonds. The van der Waals surface area contributed by atoms with Gasteiger partial charge in [-0.25, -0.2) is 20.2 Å². The van der Waals surface area contributed by atoms with E-state index in [4.69, 9.17) is 17.3 Å². The summed E-state index contributed by atoms with van der Waals surface area (Å²) in [6.45, 7) is 1.83. The highest BCUT2D eigenvalue weighted by Gasteiger charge is 2.16. The molecule has 6 N–H and O–H groups in total. The average Bonchev–Trinajstić information content (AvgIpc) is 2.35. The van der Waals surface area contributed by atoms with Crippen molar-refractivity contribution in [3.8, 4) is 0 Å². The summed E-state index contributed by atoms with van der Waals surface area (Å²) in [6.07, 6.45) is 1.22. The Bertz CT molecular complexity index is 584. The number of benzene rings is 1. The molecular weight excluding hydrogens is 235 g/mol. The third-order valence-corrected chi connectivity index (χ3v) is 2.48. The Kier molecular flexibility index (Phi) is 2.99. The van der Waals surface area contributed by atoms with E-state index >= 15 is 0 Å². The Morgan fingerprint density at radius 1 is 1.22 bits per heavy atom. The summed E-state index contributed by atoms with van der Waals surface area (Å²) in [6, 6.07) is 4.56. The molecule has 6 nitrogen and oxygen atoms in total. The van der Waals surface area contributed by atoms with E-state index < -0.39 is 5.82 Å². The van der Waals surface area contributed by atoms with E-state index in [0.717, 1.165) is 10.6 Å². The number of nitrogens with zero attached hydrogens (tertiary/aromatic N) is 3. The van der Waals surface area contributed by atoms with Gasteiger partial charge in [0.15, 0.2) is 11.6 Å². The van der Waals surface area contributed by atoms with Crippen LogP contribution in [0.3, 0.4) is 0 Å². The minimum atomic E-state index is -0.473.